The molecule has 0 bridgehead atoms. The fourth-order valence-electron chi connectivity index (χ4n) is 5.58. The van der Waals surface area contributed by atoms with Crippen LogP contribution in [-0.4, -0.2) is 48.6 Å². The molecule has 0 saturated carbocycles. The number of hydrogen-bond acceptors (Lipinski definition) is 9. The zero-order valence-corrected chi connectivity index (χ0v) is 22.7. The van der Waals surface area contributed by atoms with Gasteiger partial charge in [0.05, 0.1) is 23.3 Å². The van der Waals surface area contributed by atoms with Gasteiger partial charge in [0.25, 0.3) is 0 Å². The number of para-hydroxylation sites is 1. The van der Waals surface area contributed by atoms with Crippen LogP contribution in [0.2, 0.25) is 0 Å². The average molecular weight is 560 g/mol. The van der Waals surface area contributed by atoms with Crippen molar-refractivity contribution in [3.05, 3.63) is 89.5 Å². The first-order valence-corrected chi connectivity index (χ1v) is 13.2. The third kappa shape index (κ3) is 4.80. The van der Waals surface area contributed by atoms with Gasteiger partial charge in [-0.05, 0) is 18.2 Å². The third-order valence-corrected chi connectivity index (χ3v) is 7.55. The van der Waals surface area contributed by atoms with Crippen molar-refractivity contribution in [1.82, 2.24) is 4.90 Å². The summed E-state index contributed by atoms with van der Waals surface area (Å²) in [6.07, 6.45) is 2.86. The summed E-state index contributed by atoms with van der Waals surface area (Å²) in [4.78, 5) is 62.8. The summed E-state index contributed by atoms with van der Waals surface area (Å²) in [5.74, 6) is -3.30. The molecule has 1 fully saturated rings. The van der Waals surface area contributed by atoms with Crippen molar-refractivity contribution in [1.29, 1.82) is 0 Å². The van der Waals surface area contributed by atoms with E-state index in [1.54, 1.807) is 37.3 Å². The molecule has 10 heteroatoms. The van der Waals surface area contributed by atoms with Crippen molar-refractivity contribution in [2.75, 3.05) is 19.8 Å². The molecule has 212 valence electrons. The van der Waals surface area contributed by atoms with Gasteiger partial charge >= 0.3 is 17.6 Å². The predicted octanol–water partition coefficient (Wildman–Crippen LogP) is 4.08. The van der Waals surface area contributed by atoms with Crippen molar-refractivity contribution in [3.8, 4) is 5.75 Å². The maximum Gasteiger partial charge on any atom is 0.355 e. The molecule has 10 nitrogen and oxygen atoms in total. The molecular formula is C31H29NO9. The Kier molecular flexibility index (Phi) is 7.76. The first-order valence-electron chi connectivity index (χ1n) is 13.2. The van der Waals surface area contributed by atoms with Crippen LogP contribution in [-0.2, 0) is 28.9 Å². The molecule has 3 aromatic rings. The van der Waals surface area contributed by atoms with E-state index in [-0.39, 0.29) is 31.4 Å². The molecular weight excluding hydrogens is 530 g/mol. The molecule has 0 spiro atoms. The maximum absolute atomic E-state index is 13.3. The van der Waals surface area contributed by atoms with Crippen LogP contribution in [0.4, 0.5) is 0 Å². The van der Waals surface area contributed by atoms with Gasteiger partial charge in [-0.25, -0.2) is 14.4 Å². The van der Waals surface area contributed by atoms with Gasteiger partial charge in [-0.2, -0.15) is 4.89 Å². The molecule has 2 aliphatic heterocycles. The van der Waals surface area contributed by atoms with E-state index in [0.29, 0.717) is 33.1 Å². The molecule has 1 amide bonds. The monoisotopic (exact) mass is 559 g/mol. The second-order valence-electron chi connectivity index (χ2n) is 9.89. The molecule has 0 radical (unpaired) electrons. The van der Waals surface area contributed by atoms with E-state index in [2.05, 4.69) is 13.2 Å². The summed E-state index contributed by atoms with van der Waals surface area (Å²) in [6, 6.07) is 11.7. The Labute approximate surface area is 235 Å². The average Bonchev–Trinajstić information content (AvgIpc) is 3.22. The van der Waals surface area contributed by atoms with E-state index in [1.807, 2.05) is 19.1 Å². The SMILES string of the molecule is C=CCOOC(=O)C(C)C1C(=O)N2C(C(=O)OCC=C)=C(COc3cccc4c(=O)oc5ccccc5c34)[C@H](C)C12. The van der Waals surface area contributed by atoms with Gasteiger partial charge in [-0.3, -0.25) is 9.68 Å². The summed E-state index contributed by atoms with van der Waals surface area (Å²) in [6.45, 7) is 10.4. The topological polar surface area (TPSA) is 122 Å². The van der Waals surface area contributed by atoms with Crippen LogP contribution in [0, 0.1) is 17.8 Å². The van der Waals surface area contributed by atoms with Crippen LogP contribution in [0.25, 0.3) is 21.7 Å². The van der Waals surface area contributed by atoms with Gasteiger partial charge in [0, 0.05) is 22.3 Å². The lowest BCUT2D eigenvalue weighted by Gasteiger charge is -2.47. The molecule has 4 atom stereocenters. The van der Waals surface area contributed by atoms with Crippen LogP contribution in [0.3, 0.4) is 0 Å². The lowest BCUT2D eigenvalue weighted by atomic mass is 9.74. The molecule has 5 rings (SSSR count). The van der Waals surface area contributed by atoms with Gasteiger partial charge in [0.2, 0.25) is 5.91 Å². The fourth-order valence-corrected chi connectivity index (χ4v) is 5.58. The number of esters is 1. The van der Waals surface area contributed by atoms with Gasteiger partial charge in [-0.15, -0.1) is 6.58 Å². The lowest BCUT2D eigenvalue weighted by molar-refractivity contribution is -0.271. The number of rotatable bonds is 11. The van der Waals surface area contributed by atoms with E-state index in [1.165, 1.54) is 17.1 Å². The summed E-state index contributed by atoms with van der Waals surface area (Å²) in [5.41, 5.74) is 0.534. The number of β-lactam (4-membered cyclic amide) rings is 1. The number of carbonyl (C=O) groups excluding carboxylic acids is 3. The smallest absolute Gasteiger partial charge is 0.355 e. The number of amides is 1. The van der Waals surface area contributed by atoms with Gasteiger partial charge in [-0.1, -0.05) is 56.8 Å². The zero-order valence-electron chi connectivity index (χ0n) is 22.7. The summed E-state index contributed by atoms with van der Waals surface area (Å²) >= 11 is 0. The number of benzene rings is 2. The van der Waals surface area contributed by atoms with E-state index in [9.17, 15) is 19.2 Å². The highest BCUT2D eigenvalue weighted by Gasteiger charge is 2.61. The van der Waals surface area contributed by atoms with Gasteiger partial charge in [0.15, 0.2) is 0 Å². The van der Waals surface area contributed by atoms with Crippen LogP contribution in [0.15, 0.2) is 88.3 Å². The fraction of sp³-hybridized carbons (Fsp3) is 0.290. The van der Waals surface area contributed by atoms with Crippen molar-refractivity contribution < 1.29 is 38.0 Å². The minimum Gasteiger partial charge on any atom is -0.488 e. The normalized spacial score (nSPS) is 20.4. The van der Waals surface area contributed by atoms with E-state index in [4.69, 9.17) is 23.7 Å². The van der Waals surface area contributed by atoms with Gasteiger partial charge in [0.1, 0.15) is 36.9 Å². The Bertz CT molecular complexity index is 1650. The van der Waals surface area contributed by atoms with Crippen LogP contribution in [0.1, 0.15) is 13.8 Å². The molecule has 3 heterocycles. The standard InChI is InChI=1S/C31H29NO9/c1-5-14-37-31(36)27-21(17(3)26-24(28(33)32(26)27)18(4)29(34)41-39-15-6-2)16-38-23-13-9-11-20-25(23)19-10-7-8-12-22(19)40-30(20)35/h5-13,17-18,24,26H,1-2,14-16H2,3-4H3/t17-,18?,24?,26?/m0/s1. The Morgan fingerprint density at radius 2 is 1.78 bits per heavy atom. The highest BCUT2D eigenvalue weighted by Crippen LogP contribution is 2.49. The summed E-state index contributed by atoms with van der Waals surface area (Å²) < 4.78 is 17.0. The molecule has 1 aromatic heterocycles. The molecule has 2 aliphatic rings. The van der Waals surface area contributed by atoms with E-state index >= 15 is 0 Å². The Morgan fingerprint density at radius 1 is 1.05 bits per heavy atom. The van der Waals surface area contributed by atoms with Gasteiger partial charge < -0.3 is 18.8 Å². The predicted molar refractivity (Wildman–Crippen MR) is 148 cm³/mol. The number of nitrogens with zero attached hydrogens (tertiary/aromatic N) is 1. The summed E-state index contributed by atoms with van der Waals surface area (Å²) in [7, 11) is 0. The van der Waals surface area contributed by atoms with Crippen LogP contribution in [0.5, 0.6) is 5.75 Å². The molecule has 0 aliphatic carbocycles. The van der Waals surface area contributed by atoms with E-state index in [0.717, 1.165) is 0 Å². The maximum atomic E-state index is 13.3. The molecule has 0 N–H and O–H groups in total. The van der Waals surface area contributed by atoms with Crippen molar-refractivity contribution in [2.45, 2.75) is 19.9 Å². The molecule has 3 unspecified atom stereocenters. The Balaban J connectivity index is 1.48. The number of ether oxygens (including phenoxy) is 2. The largest absolute Gasteiger partial charge is 0.488 e. The Hall–Kier alpha value is -4.70. The first kappa shape index (κ1) is 27.9. The van der Waals surface area contributed by atoms with Crippen LogP contribution >= 0.6 is 0 Å². The number of carbonyl (C=O) groups is 3. The minimum absolute atomic E-state index is 0.0107. The highest BCUT2D eigenvalue weighted by molar-refractivity contribution is 6.07. The summed E-state index contributed by atoms with van der Waals surface area (Å²) in [5, 5.41) is 1.63. The Morgan fingerprint density at radius 3 is 2.54 bits per heavy atom. The number of hydrogen-bond donors (Lipinski definition) is 0. The van der Waals surface area contributed by atoms with Crippen LogP contribution < -0.4 is 10.4 Å². The molecule has 41 heavy (non-hydrogen) atoms. The van der Waals surface area contributed by atoms with Crippen molar-refractivity contribution in [2.24, 2.45) is 17.8 Å². The molecule has 1 saturated heterocycles. The highest BCUT2D eigenvalue weighted by atomic mass is 17.2. The zero-order chi connectivity index (χ0) is 29.3. The van der Waals surface area contributed by atoms with Crippen molar-refractivity contribution >= 4 is 39.6 Å². The number of fused-ring (bicyclic) bond motifs is 4. The molecule has 2 aromatic carbocycles. The van der Waals surface area contributed by atoms with Crippen molar-refractivity contribution in [3.63, 3.8) is 0 Å². The quantitative estimate of drug-likeness (QED) is 0.0500. The van der Waals surface area contributed by atoms with E-state index < -0.39 is 41.3 Å². The first-order chi connectivity index (χ1) is 19.8. The second kappa shape index (κ2) is 11.4. The minimum atomic E-state index is -0.828. The third-order valence-electron chi connectivity index (χ3n) is 7.55. The lowest BCUT2D eigenvalue weighted by Crippen LogP contribution is -2.63. The second-order valence-corrected chi connectivity index (χ2v) is 9.89.